The highest BCUT2D eigenvalue weighted by Crippen LogP contribution is 2.09. The SMILES string of the molecule is CC(C)C(=O)[C@@H](F)CCCN(C)C. The Bertz CT molecular complexity index is 157. The van der Waals surface area contributed by atoms with Gasteiger partial charge in [0.2, 0.25) is 0 Å². The van der Waals surface area contributed by atoms with E-state index in [1.54, 1.807) is 13.8 Å². The van der Waals surface area contributed by atoms with E-state index in [9.17, 15) is 9.18 Å². The standard InChI is InChI=1S/C10H20FNO/c1-8(2)10(13)9(11)6-5-7-12(3)4/h8-9H,5-7H2,1-4H3/t9-/m0/s1. The van der Waals surface area contributed by atoms with Gasteiger partial charge in [-0.25, -0.2) is 4.39 Å². The zero-order valence-electron chi connectivity index (χ0n) is 9.01. The zero-order chi connectivity index (χ0) is 10.4. The van der Waals surface area contributed by atoms with Crippen molar-refractivity contribution in [2.45, 2.75) is 32.9 Å². The van der Waals surface area contributed by atoms with Crippen LogP contribution in [-0.4, -0.2) is 37.5 Å². The quantitative estimate of drug-likeness (QED) is 0.636. The molecule has 13 heavy (non-hydrogen) atoms. The van der Waals surface area contributed by atoms with Crippen LogP contribution in [0.3, 0.4) is 0 Å². The van der Waals surface area contributed by atoms with Gasteiger partial charge in [-0.1, -0.05) is 13.8 Å². The van der Waals surface area contributed by atoms with Gasteiger partial charge in [0.15, 0.2) is 12.0 Å². The molecule has 78 valence electrons. The highest BCUT2D eigenvalue weighted by molar-refractivity contribution is 5.84. The van der Waals surface area contributed by atoms with Crippen molar-refractivity contribution in [1.82, 2.24) is 4.90 Å². The molecule has 0 heterocycles. The summed E-state index contributed by atoms with van der Waals surface area (Å²) < 4.78 is 13.1. The molecular formula is C10H20FNO. The third kappa shape index (κ3) is 5.75. The number of carbonyl (C=O) groups excluding carboxylic acids is 1. The van der Waals surface area contributed by atoms with Crippen molar-refractivity contribution in [2.24, 2.45) is 5.92 Å². The second-order valence-corrected chi connectivity index (χ2v) is 3.97. The van der Waals surface area contributed by atoms with Gasteiger partial charge in [-0.05, 0) is 33.5 Å². The topological polar surface area (TPSA) is 20.3 Å². The van der Waals surface area contributed by atoms with Crippen molar-refractivity contribution >= 4 is 5.78 Å². The molecule has 0 aromatic heterocycles. The van der Waals surface area contributed by atoms with Crippen LogP contribution in [0, 0.1) is 5.92 Å². The Kier molecular flexibility index (Phi) is 5.88. The number of carbonyl (C=O) groups is 1. The van der Waals surface area contributed by atoms with E-state index >= 15 is 0 Å². The summed E-state index contributed by atoms with van der Waals surface area (Å²) in [5.41, 5.74) is 0. The van der Waals surface area contributed by atoms with Gasteiger partial charge in [0.1, 0.15) is 0 Å². The number of ketones is 1. The number of hydrogen-bond acceptors (Lipinski definition) is 2. The smallest absolute Gasteiger partial charge is 0.169 e. The number of alkyl halides is 1. The molecule has 3 heteroatoms. The summed E-state index contributed by atoms with van der Waals surface area (Å²) >= 11 is 0. The maximum Gasteiger partial charge on any atom is 0.169 e. The van der Waals surface area contributed by atoms with Crippen LogP contribution in [0.5, 0.6) is 0 Å². The molecule has 0 bridgehead atoms. The molecule has 0 aliphatic heterocycles. The van der Waals surface area contributed by atoms with E-state index in [0.29, 0.717) is 6.42 Å². The van der Waals surface area contributed by atoms with E-state index in [1.807, 2.05) is 19.0 Å². The first-order chi connectivity index (χ1) is 5.95. The third-order valence-corrected chi connectivity index (χ3v) is 1.94. The molecule has 1 atom stereocenters. The maximum atomic E-state index is 13.1. The van der Waals surface area contributed by atoms with Crippen LogP contribution >= 0.6 is 0 Å². The van der Waals surface area contributed by atoms with Gasteiger partial charge in [-0.3, -0.25) is 4.79 Å². The van der Waals surface area contributed by atoms with Crippen molar-refractivity contribution < 1.29 is 9.18 Å². The number of nitrogens with zero attached hydrogens (tertiary/aromatic N) is 1. The lowest BCUT2D eigenvalue weighted by atomic mass is 10.0. The van der Waals surface area contributed by atoms with Crippen LogP contribution in [0.25, 0.3) is 0 Å². The first-order valence-electron chi connectivity index (χ1n) is 4.77. The van der Waals surface area contributed by atoms with E-state index in [-0.39, 0.29) is 11.7 Å². The fourth-order valence-electron chi connectivity index (χ4n) is 1.09. The summed E-state index contributed by atoms with van der Waals surface area (Å²) in [5, 5.41) is 0. The lowest BCUT2D eigenvalue weighted by Gasteiger charge is -2.12. The molecule has 0 unspecified atom stereocenters. The minimum atomic E-state index is -1.26. The number of halogens is 1. The van der Waals surface area contributed by atoms with Crippen molar-refractivity contribution in [3.05, 3.63) is 0 Å². The summed E-state index contributed by atoms with van der Waals surface area (Å²) in [4.78, 5) is 13.1. The minimum absolute atomic E-state index is 0.186. The second kappa shape index (κ2) is 6.08. The molecule has 0 aromatic rings. The molecule has 0 saturated carbocycles. The Morgan fingerprint density at radius 3 is 2.31 bits per heavy atom. The fraction of sp³-hybridized carbons (Fsp3) is 0.900. The summed E-state index contributed by atoms with van der Waals surface area (Å²) in [6.07, 6.45) is -0.165. The molecule has 0 aromatic carbocycles. The highest BCUT2D eigenvalue weighted by atomic mass is 19.1. The van der Waals surface area contributed by atoms with E-state index < -0.39 is 6.17 Å². The molecule has 0 spiro atoms. The van der Waals surface area contributed by atoms with E-state index in [0.717, 1.165) is 13.0 Å². The predicted octanol–water partition coefficient (Wildman–Crippen LogP) is 1.89. The molecular weight excluding hydrogens is 169 g/mol. The Labute approximate surface area is 80.1 Å². The van der Waals surface area contributed by atoms with Crippen molar-refractivity contribution in [3.63, 3.8) is 0 Å². The first kappa shape index (κ1) is 12.6. The van der Waals surface area contributed by atoms with Crippen LogP contribution in [0.2, 0.25) is 0 Å². The van der Waals surface area contributed by atoms with Gasteiger partial charge < -0.3 is 4.90 Å². The number of rotatable bonds is 6. The van der Waals surface area contributed by atoms with Crippen LogP contribution in [0.15, 0.2) is 0 Å². The van der Waals surface area contributed by atoms with E-state index in [2.05, 4.69) is 0 Å². The summed E-state index contributed by atoms with van der Waals surface area (Å²) in [6, 6.07) is 0. The Morgan fingerprint density at radius 2 is 1.92 bits per heavy atom. The summed E-state index contributed by atoms with van der Waals surface area (Å²) in [7, 11) is 3.88. The van der Waals surface area contributed by atoms with E-state index in [1.165, 1.54) is 0 Å². The van der Waals surface area contributed by atoms with Crippen molar-refractivity contribution in [3.8, 4) is 0 Å². The van der Waals surface area contributed by atoms with E-state index in [4.69, 9.17) is 0 Å². The average molecular weight is 189 g/mol. The summed E-state index contributed by atoms with van der Waals surface area (Å²) in [5.74, 6) is -0.451. The second-order valence-electron chi connectivity index (χ2n) is 3.97. The molecule has 0 saturated heterocycles. The fourth-order valence-corrected chi connectivity index (χ4v) is 1.09. The highest BCUT2D eigenvalue weighted by Gasteiger charge is 2.19. The predicted molar refractivity (Wildman–Crippen MR) is 52.5 cm³/mol. The Hall–Kier alpha value is -0.440. The van der Waals surface area contributed by atoms with Gasteiger partial charge in [0, 0.05) is 5.92 Å². The minimum Gasteiger partial charge on any atom is -0.309 e. The normalized spacial score (nSPS) is 13.8. The molecule has 0 N–H and O–H groups in total. The average Bonchev–Trinajstić information content (AvgIpc) is 2.02. The maximum absolute atomic E-state index is 13.1. The molecule has 0 aliphatic rings. The first-order valence-corrected chi connectivity index (χ1v) is 4.77. The molecule has 0 aliphatic carbocycles. The largest absolute Gasteiger partial charge is 0.309 e. The van der Waals surface area contributed by atoms with Gasteiger partial charge in [0.25, 0.3) is 0 Å². The van der Waals surface area contributed by atoms with Gasteiger partial charge >= 0.3 is 0 Å². The lowest BCUT2D eigenvalue weighted by Crippen LogP contribution is -2.22. The Morgan fingerprint density at radius 1 is 1.38 bits per heavy atom. The monoisotopic (exact) mass is 189 g/mol. The molecule has 0 radical (unpaired) electrons. The van der Waals surface area contributed by atoms with Gasteiger partial charge in [0.05, 0.1) is 0 Å². The number of hydrogen-bond donors (Lipinski definition) is 0. The Balaban J connectivity index is 3.62. The van der Waals surface area contributed by atoms with Crippen LogP contribution < -0.4 is 0 Å². The molecule has 2 nitrogen and oxygen atoms in total. The van der Waals surface area contributed by atoms with Crippen LogP contribution in [0.4, 0.5) is 4.39 Å². The van der Waals surface area contributed by atoms with Gasteiger partial charge in [-0.2, -0.15) is 0 Å². The van der Waals surface area contributed by atoms with Crippen molar-refractivity contribution in [1.29, 1.82) is 0 Å². The van der Waals surface area contributed by atoms with Crippen LogP contribution in [-0.2, 0) is 4.79 Å². The molecule has 0 fully saturated rings. The van der Waals surface area contributed by atoms with Gasteiger partial charge in [-0.15, -0.1) is 0 Å². The third-order valence-electron chi connectivity index (χ3n) is 1.94. The number of Topliss-reactive ketones (excluding diaryl/α,β-unsaturated/α-hetero) is 1. The lowest BCUT2D eigenvalue weighted by molar-refractivity contribution is -0.127. The molecule has 0 rings (SSSR count). The molecule has 0 amide bonds. The van der Waals surface area contributed by atoms with Crippen molar-refractivity contribution in [2.75, 3.05) is 20.6 Å². The van der Waals surface area contributed by atoms with Crippen LogP contribution in [0.1, 0.15) is 26.7 Å². The summed E-state index contributed by atoms with van der Waals surface area (Å²) in [6.45, 7) is 4.31. The zero-order valence-corrected chi connectivity index (χ0v) is 9.01.